The molecule has 2 aromatic carbocycles. The SMILES string of the molecule is Cc1ccc(NC(=S)Nc2ccccc2F)c(S(=O)(=O)N2CCOCC2)c1. The zero-order chi connectivity index (χ0) is 19.4. The summed E-state index contributed by atoms with van der Waals surface area (Å²) in [7, 11) is -3.71. The van der Waals surface area contributed by atoms with E-state index in [9.17, 15) is 12.8 Å². The molecule has 0 spiro atoms. The van der Waals surface area contributed by atoms with Crippen LogP contribution in [-0.2, 0) is 14.8 Å². The second-order valence-corrected chi connectivity index (χ2v) is 8.39. The second kappa shape index (κ2) is 8.30. The minimum Gasteiger partial charge on any atom is -0.379 e. The highest BCUT2D eigenvalue weighted by molar-refractivity contribution is 7.89. The Balaban J connectivity index is 1.86. The fraction of sp³-hybridized carbons (Fsp3) is 0.278. The van der Waals surface area contributed by atoms with E-state index in [-0.39, 0.29) is 15.7 Å². The first-order valence-corrected chi connectivity index (χ1v) is 10.2. The number of thiocarbonyl (C=S) groups is 1. The lowest BCUT2D eigenvalue weighted by atomic mass is 10.2. The Morgan fingerprint density at radius 3 is 2.48 bits per heavy atom. The lowest BCUT2D eigenvalue weighted by molar-refractivity contribution is 0.0730. The van der Waals surface area contributed by atoms with Crippen molar-refractivity contribution >= 4 is 38.7 Å². The molecule has 0 saturated carbocycles. The molecule has 0 amide bonds. The molecule has 0 aromatic heterocycles. The molecule has 1 heterocycles. The van der Waals surface area contributed by atoms with E-state index < -0.39 is 15.8 Å². The Hall–Kier alpha value is -2.07. The van der Waals surface area contributed by atoms with Crippen LogP contribution >= 0.6 is 12.2 Å². The first-order chi connectivity index (χ1) is 12.9. The van der Waals surface area contributed by atoms with Gasteiger partial charge in [-0.15, -0.1) is 0 Å². The number of nitrogens with zero attached hydrogens (tertiary/aromatic N) is 1. The zero-order valence-corrected chi connectivity index (χ0v) is 16.4. The molecular formula is C18H20FN3O3S2. The highest BCUT2D eigenvalue weighted by Crippen LogP contribution is 2.27. The molecule has 0 aliphatic carbocycles. The van der Waals surface area contributed by atoms with Gasteiger partial charge in [-0.1, -0.05) is 18.2 Å². The topological polar surface area (TPSA) is 70.7 Å². The maximum absolute atomic E-state index is 13.8. The quantitative estimate of drug-likeness (QED) is 0.757. The standard InChI is InChI=1S/C18H20FN3O3S2/c1-13-6-7-16(21-18(26)20-15-5-3-2-4-14(15)19)17(12-13)27(23,24)22-8-10-25-11-9-22/h2-7,12H,8-11H2,1H3,(H2,20,21,26). The summed E-state index contributed by atoms with van der Waals surface area (Å²) in [6.07, 6.45) is 0. The number of halogens is 1. The Morgan fingerprint density at radius 2 is 1.78 bits per heavy atom. The molecule has 1 aliphatic heterocycles. The van der Waals surface area contributed by atoms with Crippen molar-refractivity contribution in [1.82, 2.24) is 4.31 Å². The molecule has 6 nitrogen and oxygen atoms in total. The summed E-state index contributed by atoms with van der Waals surface area (Å²) >= 11 is 5.23. The van der Waals surface area contributed by atoms with E-state index in [0.29, 0.717) is 32.0 Å². The molecule has 2 aromatic rings. The first-order valence-electron chi connectivity index (χ1n) is 8.39. The van der Waals surface area contributed by atoms with Crippen molar-refractivity contribution in [2.45, 2.75) is 11.8 Å². The van der Waals surface area contributed by atoms with Gasteiger partial charge in [-0.05, 0) is 49.0 Å². The number of rotatable bonds is 4. The van der Waals surface area contributed by atoms with E-state index in [1.165, 1.54) is 10.4 Å². The van der Waals surface area contributed by atoms with Crippen LogP contribution in [0.15, 0.2) is 47.4 Å². The summed E-state index contributed by atoms with van der Waals surface area (Å²) in [6, 6.07) is 11.1. The maximum atomic E-state index is 13.8. The van der Waals surface area contributed by atoms with Crippen LogP contribution in [0.4, 0.5) is 15.8 Å². The summed E-state index contributed by atoms with van der Waals surface area (Å²) in [4.78, 5) is 0.127. The summed E-state index contributed by atoms with van der Waals surface area (Å²) in [6.45, 7) is 3.14. The minimum absolute atomic E-state index is 0.0994. The number of hydrogen-bond donors (Lipinski definition) is 2. The van der Waals surface area contributed by atoms with E-state index >= 15 is 0 Å². The van der Waals surface area contributed by atoms with E-state index in [1.54, 1.807) is 36.4 Å². The van der Waals surface area contributed by atoms with Crippen LogP contribution in [0.5, 0.6) is 0 Å². The molecule has 0 unspecified atom stereocenters. The van der Waals surface area contributed by atoms with Crippen LogP contribution < -0.4 is 10.6 Å². The highest BCUT2D eigenvalue weighted by Gasteiger charge is 2.29. The lowest BCUT2D eigenvalue weighted by Crippen LogP contribution is -2.41. The van der Waals surface area contributed by atoms with Gasteiger partial charge in [0.05, 0.1) is 24.6 Å². The molecule has 144 valence electrons. The molecule has 0 bridgehead atoms. The van der Waals surface area contributed by atoms with Gasteiger partial charge in [-0.3, -0.25) is 0 Å². The Kier molecular flexibility index (Phi) is 6.05. The fourth-order valence-electron chi connectivity index (χ4n) is 2.71. The molecule has 3 rings (SSSR count). The van der Waals surface area contributed by atoms with Crippen molar-refractivity contribution in [3.63, 3.8) is 0 Å². The number of para-hydroxylation sites is 1. The van der Waals surface area contributed by atoms with Crippen molar-refractivity contribution in [1.29, 1.82) is 0 Å². The maximum Gasteiger partial charge on any atom is 0.245 e. The molecule has 0 radical (unpaired) electrons. The van der Waals surface area contributed by atoms with Gasteiger partial charge in [-0.25, -0.2) is 12.8 Å². The Morgan fingerprint density at radius 1 is 1.11 bits per heavy atom. The number of anilines is 2. The van der Waals surface area contributed by atoms with Crippen LogP contribution in [0.2, 0.25) is 0 Å². The largest absolute Gasteiger partial charge is 0.379 e. The molecule has 27 heavy (non-hydrogen) atoms. The number of aryl methyl sites for hydroxylation is 1. The minimum atomic E-state index is -3.71. The molecule has 9 heteroatoms. The van der Waals surface area contributed by atoms with Gasteiger partial charge in [0.1, 0.15) is 10.7 Å². The van der Waals surface area contributed by atoms with Gasteiger partial charge in [0.2, 0.25) is 10.0 Å². The molecule has 0 atom stereocenters. The Bertz CT molecular complexity index is 945. The predicted octanol–water partition coefficient (Wildman–Crippen LogP) is 2.96. The number of sulfonamides is 1. The van der Waals surface area contributed by atoms with E-state index in [1.807, 2.05) is 6.92 Å². The average molecular weight is 410 g/mol. The van der Waals surface area contributed by atoms with Crippen LogP contribution in [0, 0.1) is 12.7 Å². The van der Waals surface area contributed by atoms with Gasteiger partial charge >= 0.3 is 0 Å². The van der Waals surface area contributed by atoms with Crippen molar-refractivity contribution in [3.05, 3.63) is 53.8 Å². The van der Waals surface area contributed by atoms with E-state index in [0.717, 1.165) is 5.56 Å². The van der Waals surface area contributed by atoms with Crippen molar-refractivity contribution in [2.24, 2.45) is 0 Å². The summed E-state index contributed by atoms with van der Waals surface area (Å²) in [5, 5.41) is 5.72. The van der Waals surface area contributed by atoms with Gasteiger partial charge in [0, 0.05) is 13.1 Å². The summed E-state index contributed by atoms with van der Waals surface area (Å²) in [5.74, 6) is -0.452. The molecule has 1 saturated heterocycles. The summed E-state index contributed by atoms with van der Waals surface area (Å²) in [5.41, 5.74) is 1.35. The number of nitrogens with one attached hydrogen (secondary N) is 2. The molecule has 2 N–H and O–H groups in total. The van der Waals surface area contributed by atoms with Gasteiger partial charge in [-0.2, -0.15) is 4.31 Å². The third-order valence-electron chi connectivity index (χ3n) is 4.10. The van der Waals surface area contributed by atoms with Crippen molar-refractivity contribution in [2.75, 3.05) is 36.9 Å². The fourth-order valence-corrected chi connectivity index (χ4v) is 4.57. The average Bonchev–Trinajstić information content (AvgIpc) is 2.66. The zero-order valence-electron chi connectivity index (χ0n) is 14.7. The predicted molar refractivity (Wildman–Crippen MR) is 107 cm³/mol. The monoisotopic (exact) mass is 409 g/mol. The number of hydrogen-bond acceptors (Lipinski definition) is 4. The van der Waals surface area contributed by atoms with Gasteiger partial charge in [0.25, 0.3) is 0 Å². The summed E-state index contributed by atoms with van der Waals surface area (Å²) < 4.78 is 46.5. The Labute approximate surface area is 163 Å². The normalized spacial score (nSPS) is 15.3. The second-order valence-electron chi connectivity index (χ2n) is 6.08. The lowest BCUT2D eigenvalue weighted by Gasteiger charge is -2.27. The molecular weight excluding hydrogens is 389 g/mol. The van der Waals surface area contributed by atoms with Gasteiger partial charge < -0.3 is 15.4 Å². The third kappa shape index (κ3) is 4.62. The number of benzene rings is 2. The van der Waals surface area contributed by atoms with Crippen LogP contribution in [0.1, 0.15) is 5.56 Å². The molecule has 1 fully saturated rings. The van der Waals surface area contributed by atoms with Crippen molar-refractivity contribution < 1.29 is 17.5 Å². The van der Waals surface area contributed by atoms with E-state index in [2.05, 4.69) is 10.6 Å². The highest BCUT2D eigenvalue weighted by atomic mass is 32.2. The number of morpholine rings is 1. The molecule has 1 aliphatic rings. The van der Waals surface area contributed by atoms with E-state index in [4.69, 9.17) is 17.0 Å². The van der Waals surface area contributed by atoms with Crippen LogP contribution in [0.3, 0.4) is 0 Å². The van der Waals surface area contributed by atoms with Crippen LogP contribution in [0.25, 0.3) is 0 Å². The number of ether oxygens (including phenoxy) is 1. The third-order valence-corrected chi connectivity index (χ3v) is 6.24. The van der Waals surface area contributed by atoms with Crippen molar-refractivity contribution in [3.8, 4) is 0 Å². The first kappa shape index (κ1) is 19.7. The van der Waals surface area contributed by atoms with Crippen LogP contribution in [-0.4, -0.2) is 44.1 Å². The van der Waals surface area contributed by atoms with Gasteiger partial charge in [0.15, 0.2) is 5.11 Å². The smallest absolute Gasteiger partial charge is 0.245 e.